The molecule has 0 spiro atoms. The molecule has 0 saturated heterocycles. The summed E-state index contributed by atoms with van der Waals surface area (Å²) in [6, 6.07) is 3.21. The zero-order valence-corrected chi connectivity index (χ0v) is 8.98. The minimum absolute atomic E-state index is 0.339. The number of carbonyl (C=O) groups excluding carboxylic acids is 1. The van der Waals surface area contributed by atoms with Gasteiger partial charge in [0, 0.05) is 5.39 Å². The molecule has 1 heterocycles. The first kappa shape index (κ1) is 9.40. The molecule has 4 heteroatoms. The molecule has 0 aliphatic carbocycles. The average Bonchev–Trinajstić information content (AvgIpc) is 2.41. The normalized spacial score (nSPS) is 10.8. The predicted molar refractivity (Wildman–Crippen MR) is 56.1 cm³/mol. The molecule has 0 bridgehead atoms. The van der Waals surface area contributed by atoms with Crippen LogP contribution in [0.2, 0.25) is 0 Å². The van der Waals surface area contributed by atoms with E-state index in [1.54, 1.807) is 13.0 Å². The Hall–Kier alpha value is -1.16. The van der Waals surface area contributed by atoms with Gasteiger partial charge in [0.25, 0.3) is 0 Å². The van der Waals surface area contributed by atoms with Gasteiger partial charge >= 0.3 is 0 Å². The zero-order chi connectivity index (χ0) is 10.3. The van der Waals surface area contributed by atoms with E-state index in [1.165, 1.54) is 6.07 Å². The number of aldehydes is 1. The molecule has 72 valence electrons. The lowest BCUT2D eigenvalue weighted by Crippen LogP contribution is -1.82. The van der Waals surface area contributed by atoms with Gasteiger partial charge < -0.3 is 4.98 Å². The third-order valence-corrected chi connectivity index (χ3v) is 2.74. The lowest BCUT2D eigenvalue weighted by Gasteiger charge is -1.95. The standard InChI is InChI=1S/C10H7BrFNO/c1-5-2-6-7(4-14)10(11)13-9(6)8(12)3-5/h2-4,13H,1H3. The van der Waals surface area contributed by atoms with Crippen LogP contribution in [0.5, 0.6) is 0 Å². The van der Waals surface area contributed by atoms with E-state index in [1.807, 2.05) is 0 Å². The van der Waals surface area contributed by atoms with Crippen LogP contribution in [-0.2, 0) is 0 Å². The van der Waals surface area contributed by atoms with Gasteiger partial charge in [-0.25, -0.2) is 4.39 Å². The monoisotopic (exact) mass is 255 g/mol. The van der Waals surface area contributed by atoms with E-state index in [0.29, 0.717) is 27.4 Å². The van der Waals surface area contributed by atoms with Crippen LogP contribution in [0.1, 0.15) is 15.9 Å². The van der Waals surface area contributed by atoms with Crippen molar-refractivity contribution in [1.29, 1.82) is 0 Å². The van der Waals surface area contributed by atoms with Gasteiger partial charge in [0.15, 0.2) is 6.29 Å². The van der Waals surface area contributed by atoms with Crippen LogP contribution in [0.3, 0.4) is 0 Å². The van der Waals surface area contributed by atoms with Crippen LogP contribution in [-0.4, -0.2) is 11.3 Å². The molecule has 0 amide bonds. The summed E-state index contributed by atoms with van der Waals surface area (Å²) in [5.41, 5.74) is 1.62. The second kappa shape index (κ2) is 3.20. The summed E-state index contributed by atoms with van der Waals surface area (Å²) in [5, 5.41) is 0.615. The summed E-state index contributed by atoms with van der Waals surface area (Å²) >= 11 is 3.18. The molecule has 0 aliphatic rings. The number of halogens is 2. The molecule has 0 fully saturated rings. The number of aryl methyl sites for hydroxylation is 1. The van der Waals surface area contributed by atoms with E-state index in [-0.39, 0.29) is 5.82 Å². The number of fused-ring (bicyclic) bond motifs is 1. The second-order valence-electron chi connectivity index (χ2n) is 3.14. The molecule has 1 aromatic carbocycles. The molecule has 1 aromatic heterocycles. The van der Waals surface area contributed by atoms with Crippen molar-refractivity contribution in [3.8, 4) is 0 Å². The summed E-state index contributed by atoms with van der Waals surface area (Å²) in [6.07, 6.45) is 0.710. The second-order valence-corrected chi connectivity index (χ2v) is 3.93. The Labute approximate surface area is 88.2 Å². The molecule has 1 N–H and O–H groups in total. The Morgan fingerprint density at radius 1 is 1.50 bits per heavy atom. The van der Waals surface area contributed by atoms with E-state index in [9.17, 15) is 9.18 Å². The maximum Gasteiger partial charge on any atom is 0.153 e. The van der Waals surface area contributed by atoms with E-state index in [0.717, 1.165) is 5.56 Å². The van der Waals surface area contributed by atoms with E-state index in [2.05, 4.69) is 20.9 Å². The smallest absolute Gasteiger partial charge is 0.153 e. The van der Waals surface area contributed by atoms with Crippen LogP contribution in [0.4, 0.5) is 4.39 Å². The summed E-state index contributed by atoms with van der Waals surface area (Å²) in [6.45, 7) is 1.79. The number of nitrogens with one attached hydrogen (secondary N) is 1. The third-order valence-electron chi connectivity index (χ3n) is 2.11. The lowest BCUT2D eigenvalue weighted by molar-refractivity contribution is 0.112. The summed E-state index contributed by atoms with van der Waals surface area (Å²) in [4.78, 5) is 13.5. The Morgan fingerprint density at radius 3 is 2.86 bits per heavy atom. The molecule has 0 aliphatic heterocycles. The fourth-order valence-electron chi connectivity index (χ4n) is 1.49. The van der Waals surface area contributed by atoms with Gasteiger partial charge in [-0.2, -0.15) is 0 Å². The largest absolute Gasteiger partial charge is 0.346 e. The van der Waals surface area contributed by atoms with Gasteiger partial charge in [0.1, 0.15) is 5.82 Å². The van der Waals surface area contributed by atoms with Crippen LogP contribution in [0, 0.1) is 12.7 Å². The van der Waals surface area contributed by atoms with Gasteiger partial charge in [0.2, 0.25) is 0 Å². The number of rotatable bonds is 1. The number of benzene rings is 1. The summed E-state index contributed by atoms with van der Waals surface area (Å²) < 4.78 is 13.9. The molecular weight excluding hydrogens is 249 g/mol. The fourth-order valence-corrected chi connectivity index (χ4v) is 2.00. The lowest BCUT2D eigenvalue weighted by atomic mass is 10.1. The van der Waals surface area contributed by atoms with Crippen molar-refractivity contribution < 1.29 is 9.18 Å². The van der Waals surface area contributed by atoms with Crippen molar-refractivity contribution in [1.82, 2.24) is 4.98 Å². The minimum Gasteiger partial charge on any atom is -0.346 e. The topological polar surface area (TPSA) is 32.9 Å². The Morgan fingerprint density at radius 2 is 2.21 bits per heavy atom. The quantitative estimate of drug-likeness (QED) is 0.781. The number of H-pyrrole nitrogens is 1. The van der Waals surface area contributed by atoms with Crippen molar-refractivity contribution in [3.05, 3.63) is 33.7 Å². The SMILES string of the molecule is Cc1cc(F)c2[nH]c(Br)c(C=O)c2c1. The number of hydrogen-bond acceptors (Lipinski definition) is 1. The van der Waals surface area contributed by atoms with Gasteiger partial charge in [0.05, 0.1) is 15.7 Å². The van der Waals surface area contributed by atoms with Crippen molar-refractivity contribution in [2.45, 2.75) is 6.92 Å². The Balaban J connectivity index is 2.94. The van der Waals surface area contributed by atoms with Crippen LogP contribution in [0.25, 0.3) is 10.9 Å². The van der Waals surface area contributed by atoms with Gasteiger partial charge in [-0.05, 0) is 40.5 Å². The minimum atomic E-state index is -0.339. The zero-order valence-electron chi connectivity index (χ0n) is 7.40. The maximum atomic E-state index is 13.4. The highest BCUT2D eigenvalue weighted by Crippen LogP contribution is 2.27. The third kappa shape index (κ3) is 1.26. The number of carbonyl (C=O) groups is 1. The maximum absolute atomic E-state index is 13.4. The number of aromatic amines is 1. The first-order chi connectivity index (χ1) is 6.63. The average molecular weight is 256 g/mol. The fraction of sp³-hybridized carbons (Fsp3) is 0.100. The molecule has 2 aromatic rings. The summed E-state index contributed by atoms with van der Waals surface area (Å²) in [5.74, 6) is -0.339. The highest BCUT2D eigenvalue weighted by molar-refractivity contribution is 9.10. The van der Waals surface area contributed by atoms with Crippen LogP contribution < -0.4 is 0 Å². The first-order valence-corrected chi connectivity index (χ1v) is 4.85. The molecular formula is C10H7BrFNO. The molecule has 2 nitrogen and oxygen atoms in total. The van der Waals surface area contributed by atoms with E-state index < -0.39 is 0 Å². The van der Waals surface area contributed by atoms with Gasteiger partial charge in [-0.15, -0.1) is 0 Å². The van der Waals surface area contributed by atoms with Crippen LogP contribution >= 0.6 is 15.9 Å². The van der Waals surface area contributed by atoms with Crippen molar-refractivity contribution in [2.75, 3.05) is 0 Å². The molecule has 0 saturated carbocycles. The Kier molecular flexibility index (Phi) is 2.15. The highest BCUT2D eigenvalue weighted by Gasteiger charge is 2.12. The van der Waals surface area contributed by atoms with Crippen molar-refractivity contribution in [3.63, 3.8) is 0 Å². The van der Waals surface area contributed by atoms with Gasteiger partial charge in [-0.3, -0.25) is 4.79 Å². The van der Waals surface area contributed by atoms with E-state index >= 15 is 0 Å². The van der Waals surface area contributed by atoms with E-state index in [4.69, 9.17) is 0 Å². The molecule has 0 atom stereocenters. The summed E-state index contributed by atoms with van der Waals surface area (Å²) in [7, 11) is 0. The molecule has 0 unspecified atom stereocenters. The Bertz CT molecular complexity index is 518. The van der Waals surface area contributed by atoms with Crippen molar-refractivity contribution >= 4 is 33.1 Å². The van der Waals surface area contributed by atoms with Crippen LogP contribution in [0.15, 0.2) is 16.7 Å². The van der Waals surface area contributed by atoms with Gasteiger partial charge in [-0.1, -0.05) is 0 Å². The molecule has 14 heavy (non-hydrogen) atoms. The molecule has 0 radical (unpaired) electrons. The van der Waals surface area contributed by atoms with Crippen molar-refractivity contribution in [2.24, 2.45) is 0 Å². The predicted octanol–water partition coefficient (Wildman–Crippen LogP) is 3.19. The first-order valence-electron chi connectivity index (χ1n) is 4.06. The highest BCUT2D eigenvalue weighted by atomic mass is 79.9. The molecule has 2 rings (SSSR count). The number of aromatic nitrogens is 1. The number of hydrogen-bond donors (Lipinski definition) is 1.